The highest BCUT2D eigenvalue weighted by Gasteiger charge is 2.07. The summed E-state index contributed by atoms with van der Waals surface area (Å²) in [6.45, 7) is 0.437. The van der Waals surface area contributed by atoms with Crippen molar-refractivity contribution in [2.75, 3.05) is 17.7 Å². The van der Waals surface area contributed by atoms with Crippen LogP contribution in [0.5, 0.6) is 0 Å². The van der Waals surface area contributed by atoms with Gasteiger partial charge in [0.1, 0.15) is 5.01 Å². The number of nitrogens with zero attached hydrogens (tertiary/aromatic N) is 1. The summed E-state index contributed by atoms with van der Waals surface area (Å²) in [5.74, 6) is 0.227. The molecule has 0 saturated heterocycles. The fourth-order valence-corrected chi connectivity index (χ4v) is 3.12. The summed E-state index contributed by atoms with van der Waals surface area (Å²) in [6.07, 6.45) is -0.544. The number of para-hydroxylation sites is 1. The normalized spacial score (nSPS) is 12.5. The Labute approximate surface area is 132 Å². The number of aliphatic hydroxyl groups is 1. The Morgan fingerprint density at radius 1 is 1.19 bits per heavy atom. The van der Waals surface area contributed by atoms with E-state index in [2.05, 4.69) is 16.4 Å². The number of fused-ring (bicyclic) bond motifs is 1. The lowest BCUT2D eigenvalue weighted by molar-refractivity contribution is 0.211. The van der Waals surface area contributed by atoms with Gasteiger partial charge >= 0.3 is 0 Å². The zero-order valence-electron chi connectivity index (χ0n) is 11.3. The van der Waals surface area contributed by atoms with Crippen molar-refractivity contribution in [1.29, 1.82) is 0 Å². The van der Waals surface area contributed by atoms with Gasteiger partial charge in [-0.1, -0.05) is 24.3 Å². The van der Waals surface area contributed by atoms with Crippen LogP contribution in [0.4, 0.5) is 5.69 Å². The predicted octanol–water partition coefficient (Wildman–Crippen LogP) is 3.97. The molecule has 0 amide bonds. The molecule has 1 heterocycles. The number of anilines is 1. The minimum Gasteiger partial charge on any atom is -0.390 e. The maximum atomic E-state index is 9.50. The Morgan fingerprint density at radius 2 is 2.05 bits per heavy atom. The molecule has 3 aromatic rings. The SMILES string of the molecule is OC(CCl)CNc1cccc(-c2nc3ccccc3s2)c1. The van der Waals surface area contributed by atoms with Crippen LogP contribution < -0.4 is 5.32 Å². The molecule has 2 aromatic carbocycles. The van der Waals surface area contributed by atoms with E-state index in [4.69, 9.17) is 11.6 Å². The quantitative estimate of drug-likeness (QED) is 0.700. The van der Waals surface area contributed by atoms with Crippen LogP contribution in [0.2, 0.25) is 0 Å². The maximum Gasteiger partial charge on any atom is 0.124 e. The van der Waals surface area contributed by atoms with E-state index in [9.17, 15) is 5.11 Å². The lowest BCUT2D eigenvalue weighted by atomic mass is 10.2. The van der Waals surface area contributed by atoms with Gasteiger partial charge in [0, 0.05) is 17.8 Å². The van der Waals surface area contributed by atoms with Gasteiger partial charge in [0.15, 0.2) is 0 Å². The van der Waals surface area contributed by atoms with Crippen LogP contribution in [0.15, 0.2) is 48.5 Å². The molecular formula is C16H15ClN2OS. The van der Waals surface area contributed by atoms with Gasteiger partial charge in [-0.3, -0.25) is 0 Å². The van der Waals surface area contributed by atoms with Gasteiger partial charge in [-0.05, 0) is 24.3 Å². The third kappa shape index (κ3) is 3.35. The van der Waals surface area contributed by atoms with Crippen molar-refractivity contribution in [2.24, 2.45) is 0 Å². The van der Waals surface area contributed by atoms with E-state index >= 15 is 0 Å². The molecule has 3 rings (SSSR count). The van der Waals surface area contributed by atoms with Gasteiger partial charge in [-0.2, -0.15) is 0 Å². The third-order valence-corrected chi connectivity index (χ3v) is 4.57. The van der Waals surface area contributed by atoms with Crippen LogP contribution in [0.3, 0.4) is 0 Å². The topological polar surface area (TPSA) is 45.1 Å². The molecule has 3 nitrogen and oxygen atoms in total. The molecular weight excluding hydrogens is 304 g/mol. The van der Waals surface area contributed by atoms with Crippen molar-refractivity contribution in [2.45, 2.75) is 6.10 Å². The first kappa shape index (κ1) is 14.3. The zero-order chi connectivity index (χ0) is 14.7. The van der Waals surface area contributed by atoms with E-state index in [0.29, 0.717) is 6.54 Å². The molecule has 0 aliphatic heterocycles. The van der Waals surface area contributed by atoms with Crippen LogP contribution in [-0.2, 0) is 0 Å². The number of hydrogen-bond acceptors (Lipinski definition) is 4. The molecule has 21 heavy (non-hydrogen) atoms. The number of benzene rings is 2. The van der Waals surface area contributed by atoms with Gasteiger partial charge in [0.25, 0.3) is 0 Å². The molecule has 0 saturated carbocycles. The number of aromatic nitrogens is 1. The standard InChI is InChI=1S/C16H15ClN2OS/c17-9-13(20)10-18-12-5-3-4-11(8-12)16-19-14-6-1-2-7-15(14)21-16/h1-8,13,18,20H,9-10H2. The van der Waals surface area contributed by atoms with E-state index < -0.39 is 6.10 Å². The summed E-state index contributed by atoms with van der Waals surface area (Å²) in [4.78, 5) is 4.66. The molecule has 0 radical (unpaired) electrons. The summed E-state index contributed by atoms with van der Waals surface area (Å²) in [5, 5.41) is 13.7. The Morgan fingerprint density at radius 3 is 2.86 bits per heavy atom. The second kappa shape index (κ2) is 6.43. The zero-order valence-corrected chi connectivity index (χ0v) is 12.9. The second-order valence-corrected chi connectivity index (χ2v) is 6.10. The molecule has 1 atom stereocenters. The maximum absolute atomic E-state index is 9.50. The Kier molecular flexibility index (Phi) is 4.39. The van der Waals surface area contributed by atoms with Gasteiger partial charge < -0.3 is 10.4 Å². The molecule has 0 aliphatic rings. The largest absolute Gasteiger partial charge is 0.390 e. The highest BCUT2D eigenvalue weighted by molar-refractivity contribution is 7.21. The Bertz CT molecular complexity index is 711. The average Bonchev–Trinajstić information content (AvgIpc) is 2.97. The van der Waals surface area contributed by atoms with E-state index in [0.717, 1.165) is 21.8 Å². The van der Waals surface area contributed by atoms with Crippen molar-refractivity contribution < 1.29 is 5.11 Å². The molecule has 5 heteroatoms. The first-order valence-corrected chi connectivity index (χ1v) is 8.05. The molecule has 2 N–H and O–H groups in total. The molecule has 1 aromatic heterocycles. The van der Waals surface area contributed by atoms with E-state index in [-0.39, 0.29) is 5.88 Å². The van der Waals surface area contributed by atoms with Crippen molar-refractivity contribution in [1.82, 2.24) is 4.98 Å². The summed E-state index contributed by atoms with van der Waals surface area (Å²) in [5.41, 5.74) is 3.05. The van der Waals surface area contributed by atoms with Crippen molar-refractivity contribution in [3.63, 3.8) is 0 Å². The number of alkyl halides is 1. The molecule has 108 valence electrons. The number of halogens is 1. The van der Waals surface area contributed by atoms with Crippen molar-refractivity contribution in [3.8, 4) is 10.6 Å². The highest BCUT2D eigenvalue weighted by Crippen LogP contribution is 2.31. The molecule has 0 fully saturated rings. The predicted molar refractivity (Wildman–Crippen MR) is 90.3 cm³/mol. The first-order valence-electron chi connectivity index (χ1n) is 6.70. The number of nitrogens with one attached hydrogen (secondary N) is 1. The molecule has 0 spiro atoms. The summed E-state index contributed by atoms with van der Waals surface area (Å²) < 4.78 is 1.18. The van der Waals surface area contributed by atoms with E-state index in [1.165, 1.54) is 4.70 Å². The minimum atomic E-state index is -0.544. The number of aliphatic hydroxyl groups excluding tert-OH is 1. The molecule has 0 bridgehead atoms. The van der Waals surface area contributed by atoms with Crippen molar-refractivity contribution in [3.05, 3.63) is 48.5 Å². The number of hydrogen-bond donors (Lipinski definition) is 2. The monoisotopic (exact) mass is 318 g/mol. The lowest BCUT2D eigenvalue weighted by Crippen LogP contribution is -2.20. The molecule has 1 unspecified atom stereocenters. The van der Waals surface area contributed by atoms with E-state index in [1.54, 1.807) is 11.3 Å². The van der Waals surface area contributed by atoms with Crippen molar-refractivity contribution >= 4 is 38.8 Å². The second-order valence-electron chi connectivity index (χ2n) is 4.76. The molecule has 0 aliphatic carbocycles. The minimum absolute atomic E-state index is 0.227. The van der Waals surface area contributed by atoms with Crippen LogP contribution in [-0.4, -0.2) is 28.6 Å². The van der Waals surface area contributed by atoms with Crippen LogP contribution >= 0.6 is 22.9 Å². The summed E-state index contributed by atoms with van der Waals surface area (Å²) in [6, 6.07) is 16.2. The fourth-order valence-electron chi connectivity index (χ4n) is 2.05. The average molecular weight is 319 g/mol. The van der Waals surface area contributed by atoms with Gasteiger partial charge in [0.05, 0.1) is 22.2 Å². The summed E-state index contributed by atoms with van der Waals surface area (Å²) in [7, 11) is 0. The lowest BCUT2D eigenvalue weighted by Gasteiger charge is -2.10. The first-order chi connectivity index (χ1) is 10.3. The van der Waals surface area contributed by atoms with Gasteiger partial charge in [-0.25, -0.2) is 4.98 Å². The van der Waals surface area contributed by atoms with Crippen LogP contribution in [0, 0.1) is 0 Å². The van der Waals surface area contributed by atoms with E-state index in [1.807, 2.05) is 42.5 Å². The Balaban J connectivity index is 1.85. The summed E-state index contributed by atoms with van der Waals surface area (Å²) >= 11 is 7.27. The van der Waals surface area contributed by atoms with Crippen LogP contribution in [0.1, 0.15) is 0 Å². The van der Waals surface area contributed by atoms with Gasteiger partial charge in [0.2, 0.25) is 0 Å². The number of rotatable bonds is 5. The third-order valence-electron chi connectivity index (χ3n) is 3.12. The number of thiazole rings is 1. The van der Waals surface area contributed by atoms with Crippen LogP contribution in [0.25, 0.3) is 20.8 Å². The van der Waals surface area contributed by atoms with Gasteiger partial charge in [-0.15, -0.1) is 22.9 Å². The fraction of sp³-hybridized carbons (Fsp3) is 0.188. The smallest absolute Gasteiger partial charge is 0.124 e. The Hall–Kier alpha value is -1.62. The highest BCUT2D eigenvalue weighted by atomic mass is 35.5.